The zero-order chi connectivity index (χ0) is 14.9. The number of pyridine rings is 1. The molecular formula is C11H6Br3ClN2O2S. The van der Waals surface area contributed by atoms with Gasteiger partial charge in [0.1, 0.15) is 5.15 Å². The Morgan fingerprint density at radius 1 is 1.10 bits per heavy atom. The monoisotopic (exact) mass is 502 g/mol. The maximum atomic E-state index is 12.3. The second-order valence-corrected chi connectivity index (χ2v) is 8.36. The van der Waals surface area contributed by atoms with E-state index in [2.05, 4.69) is 57.5 Å². The van der Waals surface area contributed by atoms with Gasteiger partial charge in [-0.25, -0.2) is 13.4 Å². The van der Waals surface area contributed by atoms with E-state index in [1.807, 2.05) is 0 Å². The molecule has 0 spiro atoms. The number of nitrogens with one attached hydrogen (secondary N) is 1. The van der Waals surface area contributed by atoms with Crippen molar-refractivity contribution in [1.82, 2.24) is 4.98 Å². The third-order valence-electron chi connectivity index (χ3n) is 2.25. The van der Waals surface area contributed by atoms with Crippen LogP contribution >= 0.6 is 59.4 Å². The van der Waals surface area contributed by atoms with E-state index in [1.54, 1.807) is 12.1 Å². The molecule has 1 heterocycles. The summed E-state index contributed by atoms with van der Waals surface area (Å²) in [4.78, 5) is 3.80. The summed E-state index contributed by atoms with van der Waals surface area (Å²) < 4.78 is 29.1. The number of hydrogen-bond donors (Lipinski definition) is 1. The molecule has 0 saturated heterocycles. The number of rotatable bonds is 3. The van der Waals surface area contributed by atoms with E-state index in [9.17, 15) is 8.42 Å². The van der Waals surface area contributed by atoms with Crippen LogP contribution < -0.4 is 4.72 Å². The van der Waals surface area contributed by atoms with Gasteiger partial charge in [-0.3, -0.25) is 4.72 Å². The molecule has 0 bridgehead atoms. The Morgan fingerprint density at radius 3 is 2.25 bits per heavy atom. The lowest BCUT2D eigenvalue weighted by Crippen LogP contribution is -2.14. The molecule has 20 heavy (non-hydrogen) atoms. The highest BCUT2D eigenvalue weighted by atomic mass is 79.9. The smallest absolute Gasteiger partial charge is 0.262 e. The highest BCUT2D eigenvalue weighted by molar-refractivity contribution is 9.11. The second kappa shape index (κ2) is 6.31. The lowest BCUT2D eigenvalue weighted by Gasteiger charge is -2.12. The number of anilines is 1. The summed E-state index contributed by atoms with van der Waals surface area (Å²) in [5.74, 6) is 0. The van der Waals surface area contributed by atoms with Gasteiger partial charge in [-0.05, 0) is 56.1 Å². The molecule has 2 aromatic rings. The summed E-state index contributed by atoms with van der Waals surface area (Å²) in [6.07, 6.45) is 1.34. The van der Waals surface area contributed by atoms with Crippen molar-refractivity contribution in [2.45, 2.75) is 4.90 Å². The molecule has 2 rings (SSSR count). The average Bonchev–Trinajstić information content (AvgIpc) is 2.34. The fourth-order valence-corrected chi connectivity index (χ4v) is 5.46. The van der Waals surface area contributed by atoms with Crippen molar-refractivity contribution in [2.24, 2.45) is 0 Å². The number of hydrogen-bond acceptors (Lipinski definition) is 3. The van der Waals surface area contributed by atoms with Crippen molar-refractivity contribution >= 4 is 75.1 Å². The maximum absolute atomic E-state index is 12.3. The Kier molecular flexibility index (Phi) is 5.12. The first-order valence-electron chi connectivity index (χ1n) is 5.08. The van der Waals surface area contributed by atoms with Crippen molar-refractivity contribution in [3.05, 3.63) is 49.0 Å². The molecule has 0 aliphatic rings. The van der Waals surface area contributed by atoms with Gasteiger partial charge >= 0.3 is 0 Å². The number of benzene rings is 1. The van der Waals surface area contributed by atoms with Gasteiger partial charge in [0, 0.05) is 19.6 Å². The van der Waals surface area contributed by atoms with E-state index < -0.39 is 10.0 Å². The van der Waals surface area contributed by atoms with Crippen LogP contribution in [-0.4, -0.2) is 13.4 Å². The molecule has 0 amide bonds. The van der Waals surface area contributed by atoms with E-state index in [1.165, 1.54) is 18.3 Å². The van der Waals surface area contributed by atoms with E-state index in [0.717, 1.165) is 4.47 Å². The van der Waals surface area contributed by atoms with Crippen LogP contribution in [-0.2, 0) is 10.0 Å². The third kappa shape index (κ3) is 3.73. The van der Waals surface area contributed by atoms with Crippen LogP contribution in [0.25, 0.3) is 0 Å². The number of sulfonamides is 1. The van der Waals surface area contributed by atoms with Crippen LogP contribution in [0.15, 0.2) is 48.8 Å². The molecule has 9 heteroatoms. The summed E-state index contributed by atoms with van der Waals surface area (Å²) >= 11 is 15.7. The fraction of sp³-hybridized carbons (Fsp3) is 0. The first-order chi connectivity index (χ1) is 9.29. The van der Waals surface area contributed by atoms with Gasteiger partial charge in [-0.2, -0.15) is 0 Å². The molecule has 0 radical (unpaired) electrons. The minimum absolute atomic E-state index is 0.0409. The van der Waals surface area contributed by atoms with Crippen LogP contribution in [0.1, 0.15) is 0 Å². The predicted molar refractivity (Wildman–Crippen MR) is 89.6 cm³/mol. The normalized spacial score (nSPS) is 11.4. The van der Waals surface area contributed by atoms with Gasteiger partial charge in [-0.15, -0.1) is 0 Å². The molecule has 0 aliphatic carbocycles. The van der Waals surface area contributed by atoms with Crippen molar-refractivity contribution < 1.29 is 8.42 Å². The van der Waals surface area contributed by atoms with E-state index in [-0.39, 0.29) is 10.0 Å². The van der Waals surface area contributed by atoms with Crippen molar-refractivity contribution in [2.75, 3.05) is 4.72 Å². The summed E-state index contributed by atoms with van der Waals surface area (Å²) in [6, 6.07) is 6.13. The minimum atomic E-state index is -3.74. The lowest BCUT2D eigenvalue weighted by atomic mass is 10.3. The third-order valence-corrected chi connectivity index (χ3v) is 5.51. The number of nitrogens with zero attached hydrogens (tertiary/aromatic N) is 1. The highest BCUT2D eigenvalue weighted by Gasteiger charge is 2.18. The fourth-order valence-electron chi connectivity index (χ4n) is 1.38. The van der Waals surface area contributed by atoms with Gasteiger partial charge in [-0.1, -0.05) is 27.5 Å². The quantitative estimate of drug-likeness (QED) is 0.609. The summed E-state index contributed by atoms with van der Waals surface area (Å²) in [5, 5.41) is 0.113. The van der Waals surface area contributed by atoms with Crippen LogP contribution in [0.5, 0.6) is 0 Å². The second-order valence-electron chi connectivity index (χ2n) is 3.66. The Labute approximate surface area is 146 Å². The molecule has 1 aromatic carbocycles. The van der Waals surface area contributed by atoms with Crippen molar-refractivity contribution in [1.29, 1.82) is 0 Å². The summed E-state index contributed by atoms with van der Waals surface area (Å²) in [6.45, 7) is 0. The van der Waals surface area contributed by atoms with Crippen LogP contribution in [0.3, 0.4) is 0 Å². The molecule has 1 N–H and O–H groups in total. The van der Waals surface area contributed by atoms with Crippen molar-refractivity contribution in [3.8, 4) is 0 Å². The highest BCUT2D eigenvalue weighted by Crippen LogP contribution is 2.35. The van der Waals surface area contributed by atoms with E-state index in [4.69, 9.17) is 11.6 Å². The molecule has 4 nitrogen and oxygen atoms in total. The Hall–Kier alpha value is -0.150. The Morgan fingerprint density at radius 2 is 1.70 bits per heavy atom. The topological polar surface area (TPSA) is 59.1 Å². The summed E-state index contributed by atoms with van der Waals surface area (Å²) in [5.41, 5.74) is 0.404. The van der Waals surface area contributed by atoms with Gasteiger partial charge in [0.2, 0.25) is 0 Å². The van der Waals surface area contributed by atoms with Crippen LogP contribution in [0.2, 0.25) is 5.15 Å². The molecular weight excluding hydrogens is 499 g/mol. The van der Waals surface area contributed by atoms with Gasteiger partial charge < -0.3 is 0 Å². The van der Waals surface area contributed by atoms with E-state index >= 15 is 0 Å². The molecule has 0 fully saturated rings. The van der Waals surface area contributed by atoms with E-state index in [0.29, 0.717) is 14.6 Å². The largest absolute Gasteiger partial charge is 0.277 e. The standard InChI is InChI=1S/C11H6Br3ClN2O2S/c12-6-3-8(13)11(9(14)4-6)17-20(18,19)7-1-2-16-10(15)5-7/h1-5,17H. The number of halogens is 4. The predicted octanol–water partition coefficient (Wildman–Crippen LogP) is 4.82. The Balaban J connectivity index is 2.44. The zero-order valence-electron chi connectivity index (χ0n) is 9.57. The summed E-state index contributed by atoms with van der Waals surface area (Å²) in [7, 11) is -3.74. The molecule has 0 saturated carbocycles. The Bertz CT molecular complexity index is 745. The van der Waals surface area contributed by atoms with Crippen LogP contribution in [0, 0.1) is 0 Å². The van der Waals surface area contributed by atoms with Crippen molar-refractivity contribution in [3.63, 3.8) is 0 Å². The van der Waals surface area contributed by atoms with Gasteiger partial charge in [0.25, 0.3) is 10.0 Å². The maximum Gasteiger partial charge on any atom is 0.262 e. The molecule has 0 atom stereocenters. The lowest BCUT2D eigenvalue weighted by molar-refractivity contribution is 0.601. The molecule has 106 valence electrons. The van der Waals surface area contributed by atoms with Gasteiger partial charge in [0.15, 0.2) is 0 Å². The first kappa shape index (κ1) is 16.2. The van der Waals surface area contributed by atoms with Crippen LogP contribution in [0.4, 0.5) is 5.69 Å². The number of aromatic nitrogens is 1. The molecule has 1 aromatic heterocycles. The molecule has 0 aliphatic heterocycles. The minimum Gasteiger partial charge on any atom is -0.277 e. The zero-order valence-corrected chi connectivity index (χ0v) is 15.9. The SMILES string of the molecule is O=S(=O)(Nc1c(Br)cc(Br)cc1Br)c1ccnc(Cl)c1. The first-order valence-corrected chi connectivity index (χ1v) is 9.32. The molecule has 0 unspecified atom stereocenters. The van der Waals surface area contributed by atoms with Gasteiger partial charge in [0.05, 0.1) is 10.6 Å². The average molecular weight is 505 g/mol.